The zero-order chi connectivity index (χ0) is 21.9. The summed E-state index contributed by atoms with van der Waals surface area (Å²) in [6, 6.07) is 7.90. The molecule has 0 spiro atoms. The van der Waals surface area contributed by atoms with Crippen LogP contribution in [-0.2, 0) is 19.7 Å². The second kappa shape index (κ2) is 8.40. The molecule has 158 valence electrons. The molecule has 0 aliphatic rings. The molecule has 3 aromatic rings. The van der Waals surface area contributed by atoms with Gasteiger partial charge in [-0.3, -0.25) is 10.1 Å². The third-order valence-corrected chi connectivity index (χ3v) is 4.18. The zero-order valence-electron chi connectivity index (χ0n) is 17.1. The first-order chi connectivity index (χ1) is 14.1. The van der Waals surface area contributed by atoms with Gasteiger partial charge < -0.3 is 18.4 Å². The van der Waals surface area contributed by atoms with Crippen LogP contribution >= 0.6 is 0 Å². The summed E-state index contributed by atoms with van der Waals surface area (Å²) >= 11 is 0. The van der Waals surface area contributed by atoms with E-state index in [1.54, 1.807) is 25.1 Å². The number of fused-ring (bicyclic) bond motifs is 1. The average Bonchev–Trinajstić information content (AvgIpc) is 3.13. The Morgan fingerprint density at radius 2 is 1.90 bits per heavy atom. The Balaban J connectivity index is 1.49. The number of ether oxygens (including phenoxy) is 2. The fourth-order valence-electron chi connectivity index (χ4n) is 2.59. The van der Waals surface area contributed by atoms with Crippen molar-refractivity contribution in [2.75, 3.05) is 18.5 Å². The van der Waals surface area contributed by atoms with Gasteiger partial charge in [-0.15, -0.1) is 0 Å². The number of carbonyl (C=O) groups excluding carboxylic acids is 2. The summed E-state index contributed by atoms with van der Waals surface area (Å²) < 4.78 is 20.4. The number of nitrogens with zero attached hydrogens (tertiary/aromatic N) is 1. The largest absolute Gasteiger partial charge is 0.482 e. The molecule has 0 saturated carbocycles. The van der Waals surface area contributed by atoms with E-state index in [1.807, 2.05) is 20.8 Å². The second-order valence-electron chi connectivity index (χ2n) is 7.73. The summed E-state index contributed by atoms with van der Waals surface area (Å²) in [6.07, 6.45) is 0. The maximum atomic E-state index is 11.9. The number of aryl methyl sites for hydroxylation is 1. The maximum absolute atomic E-state index is 11.9. The Morgan fingerprint density at radius 1 is 1.13 bits per heavy atom. The lowest BCUT2D eigenvalue weighted by Crippen LogP contribution is -2.23. The highest BCUT2D eigenvalue weighted by atomic mass is 16.6. The van der Waals surface area contributed by atoms with Crippen LogP contribution in [0.25, 0.3) is 11.0 Å². The summed E-state index contributed by atoms with van der Waals surface area (Å²) in [6.45, 7) is 6.77. The quantitative estimate of drug-likeness (QED) is 0.483. The highest BCUT2D eigenvalue weighted by Gasteiger charge is 2.20. The van der Waals surface area contributed by atoms with Gasteiger partial charge in [0.1, 0.15) is 11.3 Å². The van der Waals surface area contributed by atoms with Crippen molar-refractivity contribution in [3.05, 3.63) is 52.0 Å². The number of benzene rings is 1. The fraction of sp³-hybridized carbons (Fsp3) is 0.333. The number of anilines is 1. The van der Waals surface area contributed by atoms with E-state index in [9.17, 15) is 14.4 Å². The Morgan fingerprint density at radius 3 is 2.60 bits per heavy atom. The van der Waals surface area contributed by atoms with Crippen LogP contribution < -0.4 is 15.7 Å². The van der Waals surface area contributed by atoms with E-state index in [1.165, 1.54) is 12.1 Å². The normalized spacial score (nSPS) is 11.3. The number of esters is 1. The minimum absolute atomic E-state index is 0.171. The molecular weight excluding hydrogens is 392 g/mol. The van der Waals surface area contributed by atoms with Gasteiger partial charge in [-0.2, -0.15) is 0 Å². The van der Waals surface area contributed by atoms with Crippen LogP contribution in [0.2, 0.25) is 0 Å². The smallest absolute Gasteiger partial charge is 0.344 e. The van der Waals surface area contributed by atoms with Gasteiger partial charge >= 0.3 is 11.6 Å². The van der Waals surface area contributed by atoms with Crippen molar-refractivity contribution in [3.8, 4) is 5.75 Å². The van der Waals surface area contributed by atoms with Gasteiger partial charge in [0.25, 0.3) is 5.91 Å². The third kappa shape index (κ3) is 5.25. The van der Waals surface area contributed by atoms with E-state index in [4.69, 9.17) is 18.4 Å². The first-order valence-corrected chi connectivity index (χ1v) is 9.22. The van der Waals surface area contributed by atoms with Crippen molar-refractivity contribution in [2.45, 2.75) is 33.1 Å². The van der Waals surface area contributed by atoms with E-state index in [2.05, 4.69) is 10.5 Å². The van der Waals surface area contributed by atoms with Crippen LogP contribution in [0.5, 0.6) is 5.75 Å². The number of rotatable bonds is 6. The monoisotopic (exact) mass is 414 g/mol. The van der Waals surface area contributed by atoms with Crippen LogP contribution in [0.15, 0.2) is 44.1 Å². The third-order valence-electron chi connectivity index (χ3n) is 4.18. The maximum Gasteiger partial charge on any atom is 0.344 e. The first kappa shape index (κ1) is 21.1. The summed E-state index contributed by atoms with van der Waals surface area (Å²) in [5.41, 5.74) is 1.13. The number of amides is 1. The van der Waals surface area contributed by atoms with Gasteiger partial charge in [-0.25, -0.2) is 9.59 Å². The first-order valence-electron chi connectivity index (χ1n) is 9.22. The molecule has 0 fully saturated rings. The van der Waals surface area contributed by atoms with Crippen molar-refractivity contribution >= 4 is 28.7 Å². The van der Waals surface area contributed by atoms with Gasteiger partial charge in [0.15, 0.2) is 13.2 Å². The number of hydrogen-bond acceptors (Lipinski definition) is 8. The molecule has 0 unspecified atom stereocenters. The summed E-state index contributed by atoms with van der Waals surface area (Å²) in [4.78, 5) is 35.2. The zero-order valence-corrected chi connectivity index (χ0v) is 17.1. The Labute approximate surface area is 171 Å². The minimum atomic E-state index is -0.733. The predicted molar refractivity (Wildman–Crippen MR) is 108 cm³/mol. The SMILES string of the molecule is Cc1cc(=O)oc2cc(OCC(=O)OCC(=O)Nc3cc(C(C)(C)C)no3)ccc12. The van der Waals surface area contributed by atoms with Crippen molar-refractivity contribution in [2.24, 2.45) is 0 Å². The molecule has 3 rings (SSSR count). The summed E-state index contributed by atoms with van der Waals surface area (Å²) in [7, 11) is 0. The highest BCUT2D eigenvalue weighted by molar-refractivity contribution is 5.91. The number of hydrogen-bond donors (Lipinski definition) is 1. The molecule has 9 heteroatoms. The van der Waals surface area contributed by atoms with E-state index in [-0.39, 0.29) is 11.3 Å². The van der Waals surface area contributed by atoms with Crippen molar-refractivity contribution in [1.29, 1.82) is 0 Å². The van der Waals surface area contributed by atoms with Crippen molar-refractivity contribution < 1.29 is 28.0 Å². The Kier molecular flexibility index (Phi) is 5.91. The lowest BCUT2D eigenvalue weighted by molar-refractivity contribution is -0.149. The summed E-state index contributed by atoms with van der Waals surface area (Å²) in [5, 5.41) is 7.12. The van der Waals surface area contributed by atoms with E-state index in [0.717, 1.165) is 10.9 Å². The van der Waals surface area contributed by atoms with Gasteiger partial charge in [0, 0.05) is 29.0 Å². The molecule has 0 radical (unpaired) electrons. The molecule has 0 aliphatic heterocycles. The lowest BCUT2D eigenvalue weighted by atomic mass is 9.92. The van der Waals surface area contributed by atoms with Gasteiger partial charge in [0.2, 0.25) is 5.88 Å². The van der Waals surface area contributed by atoms with Crippen LogP contribution in [0.4, 0.5) is 5.88 Å². The molecule has 2 aromatic heterocycles. The Bertz CT molecular complexity index is 1140. The van der Waals surface area contributed by atoms with Crippen molar-refractivity contribution in [3.63, 3.8) is 0 Å². The molecule has 9 nitrogen and oxygen atoms in total. The van der Waals surface area contributed by atoms with Gasteiger partial charge in [-0.05, 0) is 24.6 Å². The molecule has 0 saturated heterocycles. The molecule has 2 heterocycles. The molecule has 0 aliphatic carbocycles. The molecule has 0 bridgehead atoms. The van der Waals surface area contributed by atoms with Crippen LogP contribution in [0.3, 0.4) is 0 Å². The number of aromatic nitrogens is 1. The highest BCUT2D eigenvalue weighted by Crippen LogP contribution is 2.24. The molecular formula is C21H22N2O7. The van der Waals surface area contributed by atoms with E-state index in [0.29, 0.717) is 17.0 Å². The molecule has 1 amide bonds. The summed E-state index contributed by atoms with van der Waals surface area (Å²) in [5.74, 6) is -0.800. The van der Waals surface area contributed by atoms with Gasteiger partial charge in [0.05, 0.1) is 5.69 Å². The van der Waals surface area contributed by atoms with Crippen molar-refractivity contribution in [1.82, 2.24) is 5.16 Å². The van der Waals surface area contributed by atoms with Crippen LogP contribution in [0.1, 0.15) is 32.0 Å². The standard InChI is InChI=1S/C21H22N2O7/c1-12-7-19(25)29-15-8-13(5-6-14(12)15)27-11-20(26)28-10-17(24)22-18-9-16(23-30-18)21(2,3)4/h5-9H,10-11H2,1-4H3,(H,22,24). The number of carbonyl (C=O) groups is 2. The molecule has 0 atom stereocenters. The average molecular weight is 414 g/mol. The molecule has 30 heavy (non-hydrogen) atoms. The topological polar surface area (TPSA) is 121 Å². The van der Waals surface area contributed by atoms with Crippen LogP contribution in [-0.4, -0.2) is 30.2 Å². The molecule has 1 aromatic carbocycles. The fourth-order valence-corrected chi connectivity index (χ4v) is 2.59. The van der Waals surface area contributed by atoms with Gasteiger partial charge in [-0.1, -0.05) is 25.9 Å². The molecule has 1 N–H and O–H groups in total. The lowest BCUT2D eigenvalue weighted by Gasteiger charge is -2.12. The van der Waals surface area contributed by atoms with E-state index < -0.39 is 30.7 Å². The Hall–Kier alpha value is -3.62. The van der Waals surface area contributed by atoms with Crippen LogP contribution in [0, 0.1) is 6.92 Å². The predicted octanol–water partition coefficient (Wildman–Crippen LogP) is 2.95. The second-order valence-corrected chi connectivity index (χ2v) is 7.73. The minimum Gasteiger partial charge on any atom is -0.482 e. The van der Waals surface area contributed by atoms with E-state index >= 15 is 0 Å². The number of nitrogens with one attached hydrogen (secondary N) is 1.